The highest BCUT2D eigenvalue weighted by Crippen LogP contribution is 2.15. The third-order valence-corrected chi connectivity index (χ3v) is 4.72. The van der Waals surface area contributed by atoms with E-state index in [-0.39, 0.29) is 24.4 Å². The molecule has 0 aromatic rings. The van der Waals surface area contributed by atoms with Gasteiger partial charge in [-0.25, -0.2) is 0 Å². The van der Waals surface area contributed by atoms with Gasteiger partial charge in [-0.15, -0.1) is 0 Å². The Balaban J connectivity index is 3.71. The van der Waals surface area contributed by atoms with Gasteiger partial charge in [-0.1, -0.05) is 76.9 Å². The molecule has 0 bridgehead atoms. The first-order valence-electron chi connectivity index (χ1n) is 11.4. The van der Waals surface area contributed by atoms with Crippen LogP contribution in [0.2, 0.25) is 0 Å². The van der Waals surface area contributed by atoms with Gasteiger partial charge in [0.1, 0.15) is 0 Å². The Hall–Kier alpha value is -0.340. The van der Waals surface area contributed by atoms with Gasteiger partial charge in [0.25, 0.3) is 0 Å². The first kappa shape index (κ1) is 25.7. The third kappa shape index (κ3) is 17.1. The molecule has 2 heteroatoms. The fourth-order valence-electron chi connectivity index (χ4n) is 3.32. The maximum Gasteiger partial charge on any atom is 0.0871 e. The maximum atomic E-state index is 6.04. The minimum atomic E-state index is 0.138. The molecule has 0 radical (unpaired) electrons. The molecule has 0 aliphatic rings. The Kier molecular flexibility index (Phi) is 17.8. The summed E-state index contributed by atoms with van der Waals surface area (Å²) in [5.41, 5.74) is 0. The molecule has 0 fully saturated rings. The molecule has 0 aliphatic carbocycles. The fourth-order valence-corrected chi connectivity index (χ4v) is 3.32. The summed E-state index contributed by atoms with van der Waals surface area (Å²) in [7, 11) is 0. The highest BCUT2D eigenvalue weighted by Gasteiger charge is 2.19. The van der Waals surface area contributed by atoms with Crippen LogP contribution < -0.4 is 0 Å². The molecule has 0 spiro atoms. The quantitative estimate of drug-likeness (QED) is 0.181. The van der Waals surface area contributed by atoms with E-state index in [0.717, 1.165) is 6.42 Å². The number of rotatable bonds is 18. The maximum absolute atomic E-state index is 6.04. The third-order valence-electron chi connectivity index (χ3n) is 4.72. The van der Waals surface area contributed by atoms with Crippen LogP contribution in [-0.2, 0) is 9.47 Å². The Morgan fingerprint density at radius 3 is 1.62 bits per heavy atom. The summed E-state index contributed by atoms with van der Waals surface area (Å²) < 4.78 is 12.0. The molecule has 156 valence electrons. The van der Waals surface area contributed by atoms with E-state index < -0.39 is 0 Å². The largest absolute Gasteiger partial charge is 0.373 e. The lowest BCUT2D eigenvalue weighted by molar-refractivity contribution is -0.101. The Bertz CT molecular complexity index is 309. The molecule has 0 amide bonds. The van der Waals surface area contributed by atoms with Crippen LogP contribution in [0.4, 0.5) is 0 Å². The SMILES string of the molecule is CCCCCCCCCCCC/C=C/CC(OC(C)C)C(C)OC(C)C. The van der Waals surface area contributed by atoms with Crippen LogP contribution in [0.15, 0.2) is 12.2 Å². The van der Waals surface area contributed by atoms with E-state index in [1.807, 2.05) is 0 Å². The molecule has 0 aromatic heterocycles. The molecule has 0 heterocycles. The Morgan fingerprint density at radius 2 is 1.12 bits per heavy atom. The molecule has 2 nitrogen and oxygen atoms in total. The van der Waals surface area contributed by atoms with Crippen molar-refractivity contribution >= 4 is 0 Å². The molecule has 0 aromatic carbocycles. The zero-order valence-corrected chi connectivity index (χ0v) is 18.8. The Labute approximate surface area is 165 Å². The number of hydrogen-bond acceptors (Lipinski definition) is 2. The van der Waals surface area contributed by atoms with E-state index >= 15 is 0 Å². The lowest BCUT2D eigenvalue weighted by atomic mass is 10.1. The zero-order valence-electron chi connectivity index (χ0n) is 18.8. The van der Waals surface area contributed by atoms with E-state index in [0.29, 0.717) is 0 Å². The minimum absolute atomic E-state index is 0.138. The summed E-state index contributed by atoms with van der Waals surface area (Å²) in [5, 5.41) is 0. The summed E-state index contributed by atoms with van der Waals surface area (Å²) in [5.74, 6) is 0. The molecule has 0 N–H and O–H groups in total. The second-order valence-electron chi connectivity index (χ2n) is 8.29. The average Bonchev–Trinajstić information content (AvgIpc) is 2.57. The molecule has 26 heavy (non-hydrogen) atoms. The van der Waals surface area contributed by atoms with Crippen LogP contribution in [0, 0.1) is 0 Å². The molecule has 0 saturated heterocycles. The van der Waals surface area contributed by atoms with Crippen LogP contribution in [0.3, 0.4) is 0 Å². The predicted octanol–water partition coefficient (Wildman–Crippen LogP) is 7.85. The summed E-state index contributed by atoms with van der Waals surface area (Å²) in [6, 6.07) is 0. The van der Waals surface area contributed by atoms with Gasteiger partial charge in [0.2, 0.25) is 0 Å². The fraction of sp³-hybridized carbons (Fsp3) is 0.917. The summed E-state index contributed by atoms with van der Waals surface area (Å²) >= 11 is 0. The number of allylic oxidation sites excluding steroid dienone is 1. The van der Waals surface area contributed by atoms with Crippen LogP contribution in [0.25, 0.3) is 0 Å². The first-order valence-corrected chi connectivity index (χ1v) is 11.4. The monoisotopic (exact) mass is 368 g/mol. The molecular weight excluding hydrogens is 320 g/mol. The van der Waals surface area contributed by atoms with Crippen LogP contribution in [0.5, 0.6) is 0 Å². The van der Waals surface area contributed by atoms with Crippen LogP contribution >= 0.6 is 0 Å². The van der Waals surface area contributed by atoms with Crippen molar-refractivity contribution in [2.75, 3.05) is 0 Å². The second-order valence-corrected chi connectivity index (χ2v) is 8.29. The van der Waals surface area contributed by atoms with E-state index in [4.69, 9.17) is 9.47 Å². The summed E-state index contributed by atoms with van der Waals surface area (Å²) in [4.78, 5) is 0. The molecule has 0 rings (SSSR count). The second kappa shape index (κ2) is 18.0. The molecule has 0 aliphatic heterocycles. The topological polar surface area (TPSA) is 18.5 Å². The van der Waals surface area contributed by atoms with Crippen molar-refractivity contribution in [2.45, 2.75) is 143 Å². The smallest absolute Gasteiger partial charge is 0.0871 e. The van der Waals surface area contributed by atoms with E-state index in [1.165, 1.54) is 70.6 Å². The van der Waals surface area contributed by atoms with Crippen molar-refractivity contribution in [3.8, 4) is 0 Å². The van der Waals surface area contributed by atoms with Crippen molar-refractivity contribution < 1.29 is 9.47 Å². The van der Waals surface area contributed by atoms with Crippen molar-refractivity contribution in [3.63, 3.8) is 0 Å². The van der Waals surface area contributed by atoms with Gasteiger partial charge in [0.05, 0.1) is 24.4 Å². The minimum Gasteiger partial charge on any atom is -0.373 e. The summed E-state index contributed by atoms with van der Waals surface area (Å²) in [6.07, 6.45) is 21.6. The lowest BCUT2D eigenvalue weighted by Crippen LogP contribution is -2.32. The van der Waals surface area contributed by atoms with Crippen molar-refractivity contribution in [3.05, 3.63) is 12.2 Å². The highest BCUT2D eigenvalue weighted by molar-refractivity contribution is 4.86. The average molecular weight is 369 g/mol. The number of hydrogen-bond donors (Lipinski definition) is 0. The lowest BCUT2D eigenvalue weighted by Gasteiger charge is -2.27. The van der Waals surface area contributed by atoms with E-state index in [1.54, 1.807) is 0 Å². The molecular formula is C24H48O2. The van der Waals surface area contributed by atoms with Gasteiger partial charge in [-0.2, -0.15) is 0 Å². The van der Waals surface area contributed by atoms with Crippen LogP contribution in [0.1, 0.15) is 119 Å². The highest BCUT2D eigenvalue weighted by atomic mass is 16.5. The molecule has 2 atom stereocenters. The van der Waals surface area contributed by atoms with Crippen molar-refractivity contribution in [1.82, 2.24) is 0 Å². The zero-order chi connectivity index (χ0) is 19.6. The van der Waals surface area contributed by atoms with E-state index in [9.17, 15) is 0 Å². The van der Waals surface area contributed by atoms with Crippen molar-refractivity contribution in [1.29, 1.82) is 0 Å². The summed E-state index contributed by atoms with van der Waals surface area (Å²) in [6.45, 7) is 12.8. The van der Waals surface area contributed by atoms with Gasteiger partial charge in [-0.3, -0.25) is 0 Å². The van der Waals surface area contributed by atoms with Gasteiger partial charge in [-0.05, 0) is 53.9 Å². The van der Waals surface area contributed by atoms with Crippen molar-refractivity contribution in [2.24, 2.45) is 0 Å². The van der Waals surface area contributed by atoms with Gasteiger partial charge < -0.3 is 9.47 Å². The number of ether oxygens (including phenoxy) is 2. The van der Waals surface area contributed by atoms with Gasteiger partial charge >= 0.3 is 0 Å². The Morgan fingerprint density at radius 1 is 0.615 bits per heavy atom. The standard InChI is InChI=1S/C24H48O2/c1-7-8-9-10-11-12-13-14-15-16-17-18-19-20-24(26-22(4)5)23(6)25-21(2)3/h18-19,21-24H,7-17,20H2,1-6H3/b19-18+. The normalized spacial score (nSPS) is 14.6. The van der Waals surface area contributed by atoms with Crippen LogP contribution in [-0.4, -0.2) is 24.4 Å². The van der Waals surface area contributed by atoms with Gasteiger partial charge in [0.15, 0.2) is 0 Å². The van der Waals surface area contributed by atoms with Gasteiger partial charge in [0, 0.05) is 0 Å². The van der Waals surface area contributed by atoms with E-state index in [2.05, 4.69) is 53.7 Å². The molecule has 2 unspecified atom stereocenters. The molecule has 0 saturated carbocycles. The number of unbranched alkanes of at least 4 members (excludes halogenated alkanes) is 10. The first-order chi connectivity index (χ1) is 12.5. The predicted molar refractivity (Wildman–Crippen MR) is 116 cm³/mol.